The van der Waals surface area contributed by atoms with E-state index in [0.717, 1.165) is 47.1 Å². The molecule has 0 aliphatic carbocycles. The van der Waals surface area contributed by atoms with Crippen molar-refractivity contribution in [2.24, 2.45) is 0 Å². The van der Waals surface area contributed by atoms with E-state index in [9.17, 15) is 5.11 Å². The molecule has 3 heteroatoms. The zero-order valence-corrected chi connectivity index (χ0v) is 18.2. The molecule has 3 nitrogen and oxygen atoms in total. The third-order valence-corrected chi connectivity index (χ3v) is 4.96. The van der Waals surface area contributed by atoms with Gasteiger partial charge in [-0.1, -0.05) is 55.7 Å². The lowest BCUT2D eigenvalue weighted by Crippen LogP contribution is -2.30. The number of ether oxygens (including phenoxy) is 2. The lowest BCUT2D eigenvalue weighted by atomic mass is 9.91. The number of benzene rings is 2. The molecular weight excluding hydrogens is 348 g/mol. The van der Waals surface area contributed by atoms with E-state index < -0.39 is 5.79 Å². The van der Waals surface area contributed by atoms with E-state index in [0.29, 0.717) is 11.3 Å². The Morgan fingerprint density at radius 3 is 2.46 bits per heavy atom. The van der Waals surface area contributed by atoms with Crippen LogP contribution in [0, 0.1) is 6.92 Å². The number of allylic oxidation sites excluding steroid dienone is 1. The summed E-state index contributed by atoms with van der Waals surface area (Å²) in [5.41, 5.74) is 5.74. The summed E-state index contributed by atoms with van der Waals surface area (Å²) in [5.74, 6) is 0.0478. The van der Waals surface area contributed by atoms with Crippen molar-refractivity contribution in [3.8, 4) is 22.6 Å². The molecule has 152 valence electrons. The molecule has 0 aliphatic rings. The highest BCUT2D eigenvalue weighted by Crippen LogP contribution is 2.43. The van der Waals surface area contributed by atoms with E-state index in [1.54, 1.807) is 7.11 Å². The van der Waals surface area contributed by atoms with Crippen LogP contribution in [0.3, 0.4) is 0 Å². The molecule has 0 bridgehead atoms. The Morgan fingerprint density at radius 2 is 1.86 bits per heavy atom. The minimum Gasteiger partial charge on any atom is -0.507 e. The Labute approximate surface area is 170 Å². The summed E-state index contributed by atoms with van der Waals surface area (Å²) in [5, 5.41) is 11.0. The first-order chi connectivity index (χ1) is 13.2. The summed E-state index contributed by atoms with van der Waals surface area (Å²) in [6.07, 6.45) is 4.33. The SMILES string of the molecule is C=C(C)c1ccc(C)cc1-c1c(O)cc(CCCCC)cc1OC(C)(C)OC. The van der Waals surface area contributed by atoms with Gasteiger partial charge in [0.15, 0.2) is 0 Å². The van der Waals surface area contributed by atoms with E-state index in [4.69, 9.17) is 9.47 Å². The van der Waals surface area contributed by atoms with E-state index in [-0.39, 0.29) is 5.75 Å². The zero-order valence-electron chi connectivity index (χ0n) is 18.2. The van der Waals surface area contributed by atoms with Crippen LogP contribution in [0.4, 0.5) is 0 Å². The molecule has 0 heterocycles. The highest BCUT2D eigenvalue weighted by Gasteiger charge is 2.24. The highest BCUT2D eigenvalue weighted by atomic mass is 16.7. The Kier molecular flexibility index (Phi) is 7.31. The fraction of sp³-hybridized carbons (Fsp3) is 0.440. The molecule has 2 rings (SSSR count). The van der Waals surface area contributed by atoms with Crippen LogP contribution in [0.5, 0.6) is 11.5 Å². The first-order valence-electron chi connectivity index (χ1n) is 10.1. The molecule has 1 N–H and O–H groups in total. The molecule has 0 aromatic heterocycles. The summed E-state index contributed by atoms with van der Waals surface area (Å²) >= 11 is 0. The van der Waals surface area contributed by atoms with Crippen molar-refractivity contribution in [2.75, 3.05) is 7.11 Å². The van der Waals surface area contributed by atoms with E-state index in [2.05, 4.69) is 25.6 Å². The Balaban J connectivity index is 2.65. The van der Waals surface area contributed by atoms with Crippen LogP contribution >= 0.6 is 0 Å². The normalized spacial score (nSPS) is 11.5. The summed E-state index contributed by atoms with van der Waals surface area (Å²) in [6, 6.07) is 10.1. The van der Waals surface area contributed by atoms with Gasteiger partial charge in [-0.25, -0.2) is 0 Å². The van der Waals surface area contributed by atoms with Gasteiger partial charge in [0.05, 0.1) is 5.56 Å². The first-order valence-corrected chi connectivity index (χ1v) is 10.1. The van der Waals surface area contributed by atoms with Gasteiger partial charge in [-0.2, -0.15) is 0 Å². The maximum Gasteiger partial charge on any atom is 0.204 e. The maximum atomic E-state index is 11.0. The molecule has 0 unspecified atom stereocenters. The van der Waals surface area contributed by atoms with Crippen molar-refractivity contribution in [1.29, 1.82) is 0 Å². The van der Waals surface area contributed by atoms with E-state index in [1.807, 2.05) is 45.9 Å². The van der Waals surface area contributed by atoms with Crippen LogP contribution in [0.1, 0.15) is 63.6 Å². The van der Waals surface area contributed by atoms with Gasteiger partial charge in [-0.05, 0) is 55.5 Å². The number of aromatic hydroxyl groups is 1. The van der Waals surface area contributed by atoms with Gasteiger partial charge in [0, 0.05) is 21.0 Å². The number of unbranched alkanes of at least 4 members (excludes halogenated alkanes) is 2. The fourth-order valence-electron chi connectivity index (χ4n) is 3.27. The summed E-state index contributed by atoms with van der Waals surface area (Å²) in [7, 11) is 1.62. The molecule has 2 aromatic carbocycles. The van der Waals surface area contributed by atoms with Crippen molar-refractivity contribution >= 4 is 5.57 Å². The summed E-state index contributed by atoms with van der Waals surface area (Å²) < 4.78 is 11.7. The van der Waals surface area contributed by atoms with Gasteiger partial charge in [-0.3, -0.25) is 0 Å². The monoisotopic (exact) mass is 382 g/mol. The van der Waals surface area contributed by atoms with Crippen LogP contribution in [-0.2, 0) is 11.2 Å². The second-order valence-electron chi connectivity index (χ2n) is 7.98. The minimum atomic E-state index is -0.809. The third kappa shape index (κ3) is 5.39. The largest absolute Gasteiger partial charge is 0.507 e. The van der Waals surface area contributed by atoms with Gasteiger partial charge >= 0.3 is 0 Å². The van der Waals surface area contributed by atoms with Gasteiger partial charge < -0.3 is 14.6 Å². The van der Waals surface area contributed by atoms with Crippen molar-refractivity contribution in [1.82, 2.24) is 0 Å². The fourth-order valence-corrected chi connectivity index (χ4v) is 3.27. The van der Waals surface area contributed by atoms with Crippen molar-refractivity contribution in [3.63, 3.8) is 0 Å². The minimum absolute atomic E-state index is 0.226. The average Bonchev–Trinajstić information content (AvgIpc) is 2.61. The zero-order chi connectivity index (χ0) is 20.9. The average molecular weight is 383 g/mol. The molecular formula is C25H34O3. The number of methoxy groups -OCH3 is 1. The summed E-state index contributed by atoms with van der Waals surface area (Å²) in [4.78, 5) is 0. The smallest absolute Gasteiger partial charge is 0.204 e. The number of rotatable bonds is 9. The topological polar surface area (TPSA) is 38.7 Å². The lowest BCUT2D eigenvalue weighted by Gasteiger charge is -2.27. The molecule has 0 atom stereocenters. The molecule has 0 saturated heterocycles. The van der Waals surface area contributed by atoms with E-state index in [1.165, 1.54) is 6.42 Å². The third-order valence-electron chi connectivity index (χ3n) is 4.96. The number of hydrogen-bond donors (Lipinski definition) is 1. The number of aryl methyl sites for hydroxylation is 2. The Bertz CT molecular complexity index is 834. The van der Waals surface area contributed by atoms with Crippen LogP contribution in [0.15, 0.2) is 36.9 Å². The van der Waals surface area contributed by atoms with Gasteiger partial charge in [0.2, 0.25) is 5.79 Å². The highest BCUT2D eigenvalue weighted by molar-refractivity contribution is 5.86. The van der Waals surface area contributed by atoms with Gasteiger partial charge in [0.1, 0.15) is 11.5 Å². The predicted octanol–water partition coefficient (Wildman–Crippen LogP) is 6.89. The molecule has 2 aromatic rings. The van der Waals surface area contributed by atoms with Crippen molar-refractivity contribution < 1.29 is 14.6 Å². The maximum absolute atomic E-state index is 11.0. The second kappa shape index (κ2) is 9.29. The van der Waals surface area contributed by atoms with Crippen LogP contribution < -0.4 is 4.74 Å². The molecule has 0 spiro atoms. The van der Waals surface area contributed by atoms with Gasteiger partial charge in [-0.15, -0.1) is 0 Å². The van der Waals surface area contributed by atoms with Crippen molar-refractivity contribution in [2.45, 2.75) is 66.1 Å². The van der Waals surface area contributed by atoms with Crippen molar-refractivity contribution in [3.05, 3.63) is 53.6 Å². The standard InChI is InChI=1S/C25H34O3/c1-8-9-10-11-19-15-22(26)24(23(16-19)28-25(5,6)27-7)21-14-18(4)12-13-20(21)17(2)3/h12-16,26H,2,8-11H2,1,3-7H3. The second-order valence-corrected chi connectivity index (χ2v) is 7.98. The van der Waals surface area contributed by atoms with Crippen LogP contribution in [0.2, 0.25) is 0 Å². The van der Waals surface area contributed by atoms with Crippen LogP contribution in [-0.4, -0.2) is 18.0 Å². The van der Waals surface area contributed by atoms with Crippen LogP contribution in [0.25, 0.3) is 16.7 Å². The first kappa shape index (κ1) is 22.0. The summed E-state index contributed by atoms with van der Waals surface area (Å²) in [6.45, 7) is 14.1. The predicted molar refractivity (Wildman–Crippen MR) is 118 cm³/mol. The van der Waals surface area contributed by atoms with E-state index >= 15 is 0 Å². The molecule has 0 aliphatic heterocycles. The quantitative estimate of drug-likeness (QED) is 0.379. The number of phenolic OH excluding ortho intramolecular Hbond substituents is 1. The molecule has 0 radical (unpaired) electrons. The Hall–Kier alpha value is -2.26. The molecule has 0 fully saturated rings. The number of phenols is 1. The number of hydrogen-bond acceptors (Lipinski definition) is 3. The molecule has 0 saturated carbocycles. The van der Waals surface area contributed by atoms with Gasteiger partial charge in [0.25, 0.3) is 0 Å². The molecule has 0 amide bonds. The Morgan fingerprint density at radius 1 is 1.14 bits per heavy atom. The lowest BCUT2D eigenvalue weighted by molar-refractivity contribution is -0.133. The molecule has 28 heavy (non-hydrogen) atoms.